The molecule has 1 aliphatic rings. The minimum absolute atomic E-state index is 0.156. The Bertz CT molecular complexity index is 648. The molecule has 0 atom stereocenters. The van der Waals surface area contributed by atoms with Crippen LogP contribution >= 0.6 is 11.3 Å². The highest BCUT2D eigenvalue weighted by molar-refractivity contribution is 7.15. The fraction of sp³-hybridized carbons (Fsp3) is 0.286. The summed E-state index contributed by atoms with van der Waals surface area (Å²) in [5, 5.41) is 0.909. The van der Waals surface area contributed by atoms with Crippen LogP contribution < -0.4 is 9.47 Å². The average Bonchev–Trinajstić information content (AvgIpc) is 2.95. The van der Waals surface area contributed by atoms with Gasteiger partial charge in [-0.25, -0.2) is 4.98 Å². The van der Waals surface area contributed by atoms with Crippen molar-refractivity contribution in [1.29, 1.82) is 0 Å². The molecule has 98 valence electrons. The molecule has 5 heteroatoms. The molecule has 0 saturated heterocycles. The van der Waals surface area contributed by atoms with Crippen molar-refractivity contribution in [2.24, 2.45) is 0 Å². The summed E-state index contributed by atoms with van der Waals surface area (Å²) >= 11 is 1.56. The predicted octanol–water partition coefficient (Wildman–Crippen LogP) is 2.98. The van der Waals surface area contributed by atoms with Crippen molar-refractivity contribution in [1.82, 2.24) is 4.98 Å². The maximum absolute atomic E-state index is 11.2. The second kappa shape index (κ2) is 4.66. The molecule has 1 aromatic heterocycles. The molecule has 0 radical (unpaired) electrons. The van der Waals surface area contributed by atoms with Crippen LogP contribution in [-0.2, 0) is 11.2 Å². The normalized spacial score (nSPS) is 12.7. The molecule has 1 aliphatic heterocycles. The summed E-state index contributed by atoms with van der Waals surface area (Å²) in [7, 11) is 0. The summed E-state index contributed by atoms with van der Waals surface area (Å²) in [5.74, 6) is 1.67. The summed E-state index contributed by atoms with van der Waals surface area (Å²) in [6.07, 6.45) is 0.452. The lowest BCUT2D eigenvalue weighted by Crippen LogP contribution is -1.94. The van der Waals surface area contributed by atoms with E-state index in [2.05, 4.69) is 4.98 Å². The number of aromatic nitrogens is 1. The van der Waals surface area contributed by atoms with E-state index in [-0.39, 0.29) is 12.6 Å². The largest absolute Gasteiger partial charge is 0.454 e. The topological polar surface area (TPSA) is 48.4 Å². The number of hydrogen-bond acceptors (Lipinski definition) is 5. The fourth-order valence-corrected chi connectivity index (χ4v) is 3.10. The van der Waals surface area contributed by atoms with E-state index >= 15 is 0 Å². The number of aryl methyl sites for hydroxylation is 1. The quantitative estimate of drug-likeness (QED) is 0.864. The number of ether oxygens (including phenoxy) is 2. The molecular weight excluding hydrogens is 262 g/mol. The predicted molar refractivity (Wildman–Crippen MR) is 72.8 cm³/mol. The lowest BCUT2D eigenvalue weighted by Gasteiger charge is -1.98. The molecule has 0 saturated carbocycles. The van der Waals surface area contributed by atoms with E-state index in [4.69, 9.17) is 9.47 Å². The first-order valence-corrected chi connectivity index (χ1v) is 6.81. The van der Waals surface area contributed by atoms with Gasteiger partial charge in [0.2, 0.25) is 6.79 Å². The maximum atomic E-state index is 11.2. The SMILES string of the molecule is CC(=O)Cc1sc(-c2ccc3c(c2)OCO3)nc1C. The third-order valence-electron chi connectivity index (χ3n) is 2.92. The summed E-state index contributed by atoms with van der Waals surface area (Å²) in [6.45, 7) is 3.80. The molecule has 2 heterocycles. The van der Waals surface area contributed by atoms with Crippen molar-refractivity contribution in [2.45, 2.75) is 20.3 Å². The summed E-state index contributed by atoms with van der Waals surface area (Å²) in [4.78, 5) is 16.8. The van der Waals surface area contributed by atoms with Crippen LogP contribution in [0.15, 0.2) is 18.2 Å². The lowest BCUT2D eigenvalue weighted by atomic mass is 10.2. The molecule has 19 heavy (non-hydrogen) atoms. The zero-order chi connectivity index (χ0) is 13.4. The zero-order valence-corrected chi connectivity index (χ0v) is 11.5. The van der Waals surface area contributed by atoms with Gasteiger partial charge >= 0.3 is 0 Å². The second-order valence-corrected chi connectivity index (χ2v) is 5.56. The Balaban J connectivity index is 1.96. The van der Waals surface area contributed by atoms with Crippen molar-refractivity contribution in [3.8, 4) is 22.1 Å². The Kier molecular flexibility index (Phi) is 2.98. The van der Waals surface area contributed by atoms with Crippen molar-refractivity contribution in [2.75, 3.05) is 6.79 Å². The van der Waals surface area contributed by atoms with Gasteiger partial charge in [0.25, 0.3) is 0 Å². The van der Waals surface area contributed by atoms with E-state index in [1.807, 2.05) is 25.1 Å². The molecular formula is C14H13NO3S. The Morgan fingerprint density at radius 3 is 2.95 bits per heavy atom. The van der Waals surface area contributed by atoms with Gasteiger partial charge in [-0.3, -0.25) is 4.79 Å². The molecule has 0 unspecified atom stereocenters. The first-order valence-electron chi connectivity index (χ1n) is 5.99. The Morgan fingerprint density at radius 2 is 2.16 bits per heavy atom. The van der Waals surface area contributed by atoms with Crippen molar-refractivity contribution < 1.29 is 14.3 Å². The lowest BCUT2D eigenvalue weighted by molar-refractivity contribution is -0.116. The number of carbonyl (C=O) groups excluding carboxylic acids is 1. The Labute approximate surface area is 115 Å². The highest BCUT2D eigenvalue weighted by atomic mass is 32.1. The van der Waals surface area contributed by atoms with Gasteiger partial charge in [-0.05, 0) is 32.0 Å². The van der Waals surface area contributed by atoms with Crippen molar-refractivity contribution in [3.05, 3.63) is 28.8 Å². The minimum atomic E-state index is 0.156. The van der Waals surface area contributed by atoms with E-state index < -0.39 is 0 Å². The van der Waals surface area contributed by atoms with Gasteiger partial charge in [0, 0.05) is 16.9 Å². The third-order valence-corrected chi connectivity index (χ3v) is 4.13. The Morgan fingerprint density at radius 1 is 1.37 bits per heavy atom. The van der Waals surface area contributed by atoms with Crippen LogP contribution in [0.4, 0.5) is 0 Å². The number of hydrogen-bond donors (Lipinski definition) is 0. The smallest absolute Gasteiger partial charge is 0.231 e. The Hall–Kier alpha value is -1.88. The molecule has 1 aromatic carbocycles. The van der Waals surface area contributed by atoms with Crippen LogP contribution in [0.3, 0.4) is 0 Å². The second-order valence-electron chi connectivity index (χ2n) is 4.47. The van der Waals surface area contributed by atoms with E-state index in [0.29, 0.717) is 6.42 Å². The van der Waals surface area contributed by atoms with Crippen molar-refractivity contribution in [3.63, 3.8) is 0 Å². The van der Waals surface area contributed by atoms with Crippen LogP contribution in [0.1, 0.15) is 17.5 Å². The van der Waals surface area contributed by atoms with Gasteiger partial charge in [-0.15, -0.1) is 11.3 Å². The van der Waals surface area contributed by atoms with Crippen LogP contribution in [0.5, 0.6) is 11.5 Å². The molecule has 0 spiro atoms. The highest BCUT2D eigenvalue weighted by Gasteiger charge is 2.16. The van der Waals surface area contributed by atoms with E-state index in [1.165, 1.54) is 0 Å². The number of thiazole rings is 1. The number of rotatable bonds is 3. The van der Waals surface area contributed by atoms with Crippen LogP contribution in [0.2, 0.25) is 0 Å². The van der Waals surface area contributed by atoms with Gasteiger partial charge in [-0.1, -0.05) is 0 Å². The monoisotopic (exact) mass is 275 g/mol. The highest BCUT2D eigenvalue weighted by Crippen LogP contribution is 2.37. The number of carbonyl (C=O) groups is 1. The van der Waals surface area contributed by atoms with E-state index in [1.54, 1.807) is 18.3 Å². The van der Waals surface area contributed by atoms with Gasteiger partial charge in [0.15, 0.2) is 11.5 Å². The number of ketones is 1. The average molecular weight is 275 g/mol. The minimum Gasteiger partial charge on any atom is -0.454 e. The molecule has 0 amide bonds. The van der Waals surface area contributed by atoms with Crippen LogP contribution in [0, 0.1) is 6.92 Å². The summed E-state index contributed by atoms with van der Waals surface area (Å²) < 4.78 is 10.6. The molecule has 4 nitrogen and oxygen atoms in total. The maximum Gasteiger partial charge on any atom is 0.231 e. The zero-order valence-electron chi connectivity index (χ0n) is 10.7. The third kappa shape index (κ3) is 2.33. The summed E-state index contributed by atoms with van der Waals surface area (Å²) in [6, 6.07) is 5.78. The fourth-order valence-electron chi connectivity index (χ4n) is 1.97. The van der Waals surface area contributed by atoms with Gasteiger partial charge in [0.05, 0.1) is 5.69 Å². The molecule has 3 rings (SSSR count). The van der Waals surface area contributed by atoms with E-state index in [9.17, 15) is 4.79 Å². The van der Waals surface area contributed by atoms with Gasteiger partial charge in [-0.2, -0.15) is 0 Å². The van der Waals surface area contributed by atoms with Crippen LogP contribution in [0.25, 0.3) is 10.6 Å². The molecule has 0 N–H and O–H groups in total. The van der Waals surface area contributed by atoms with Crippen molar-refractivity contribution >= 4 is 17.1 Å². The first-order chi connectivity index (χ1) is 9.13. The molecule has 0 bridgehead atoms. The summed E-state index contributed by atoms with van der Waals surface area (Å²) in [5.41, 5.74) is 1.92. The first kappa shape index (κ1) is 12.2. The number of benzene rings is 1. The molecule has 2 aromatic rings. The van der Waals surface area contributed by atoms with Crippen LogP contribution in [-0.4, -0.2) is 17.6 Å². The molecule has 0 aliphatic carbocycles. The van der Waals surface area contributed by atoms with Gasteiger partial charge in [0.1, 0.15) is 10.8 Å². The molecule has 0 fully saturated rings. The number of Topliss-reactive ketones (excluding diaryl/α,β-unsaturated/α-hetero) is 1. The number of fused-ring (bicyclic) bond motifs is 1. The number of nitrogens with zero attached hydrogens (tertiary/aromatic N) is 1. The van der Waals surface area contributed by atoms with Gasteiger partial charge < -0.3 is 9.47 Å². The standard InChI is InChI=1S/C14H13NO3S/c1-8(16)5-13-9(2)15-14(19-13)10-3-4-11-12(6-10)18-7-17-11/h3-4,6H,5,7H2,1-2H3. The van der Waals surface area contributed by atoms with E-state index in [0.717, 1.165) is 32.6 Å².